The van der Waals surface area contributed by atoms with E-state index in [4.69, 9.17) is 9.47 Å². The molecule has 2 aromatic carbocycles. The van der Waals surface area contributed by atoms with Gasteiger partial charge in [0.2, 0.25) is 0 Å². The van der Waals surface area contributed by atoms with Gasteiger partial charge in [-0.1, -0.05) is 15.9 Å². The molecule has 0 aliphatic rings. The lowest BCUT2D eigenvalue weighted by Gasteiger charge is -2.11. The first-order chi connectivity index (χ1) is 10.0. The molecule has 0 heterocycles. The number of nitro groups is 1. The second-order valence-corrected chi connectivity index (χ2v) is 5.03. The van der Waals surface area contributed by atoms with Crippen molar-refractivity contribution >= 4 is 21.6 Å². The largest absolute Gasteiger partial charge is 0.496 e. The second-order valence-electron chi connectivity index (χ2n) is 4.11. The summed E-state index contributed by atoms with van der Waals surface area (Å²) in [6, 6.07) is 8.38. The van der Waals surface area contributed by atoms with E-state index in [9.17, 15) is 14.5 Å². The third-order valence-electron chi connectivity index (χ3n) is 2.74. The molecule has 21 heavy (non-hydrogen) atoms. The number of benzene rings is 2. The topological polar surface area (TPSA) is 61.6 Å². The molecule has 0 saturated carbocycles. The van der Waals surface area contributed by atoms with E-state index >= 15 is 0 Å². The van der Waals surface area contributed by atoms with Crippen LogP contribution < -0.4 is 9.47 Å². The summed E-state index contributed by atoms with van der Waals surface area (Å²) in [6.07, 6.45) is 0. The van der Waals surface area contributed by atoms with Gasteiger partial charge in [-0.15, -0.1) is 0 Å². The van der Waals surface area contributed by atoms with E-state index in [0.717, 1.165) is 22.7 Å². The Bertz CT molecular complexity index is 678. The molecule has 110 valence electrons. The molecule has 0 unspecified atom stereocenters. The van der Waals surface area contributed by atoms with Crippen LogP contribution in [0.25, 0.3) is 0 Å². The predicted molar refractivity (Wildman–Crippen MR) is 78.1 cm³/mol. The zero-order valence-electron chi connectivity index (χ0n) is 11.0. The molecule has 0 bridgehead atoms. The van der Waals surface area contributed by atoms with Gasteiger partial charge in [0.25, 0.3) is 0 Å². The first kappa shape index (κ1) is 15.2. The highest BCUT2D eigenvalue weighted by atomic mass is 79.9. The summed E-state index contributed by atoms with van der Waals surface area (Å²) >= 11 is 3.32. The molecule has 0 atom stereocenters. The number of ether oxygens (including phenoxy) is 2. The Morgan fingerprint density at radius 3 is 2.67 bits per heavy atom. The van der Waals surface area contributed by atoms with Crippen molar-refractivity contribution in [3.8, 4) is 11.5 Å². The van der Waals surface area contributed by atoms with Crippen LogP contribution in [0.1, 0.15) is 5.56 Å². The molecule has 7 heteroatoms. The standard InChI is InChI=1S/C14H11BrFNO4/c1-20-13-5-2-10(15)6-9(13)8-21-14-7-11(16)3-4-12(14)17(18)19/h2-7H,8H2,1H3. The monoisotopic (exact) mass is 355 g/mol. The highest BCUT2D eigenvalue weighted by Gasteiger charge is 2.16. The van der Waals surface area contributed by atoms with Gasteiger partial charge >= 0.3 is 5.69 Å². The van der Waals surface area contributed by atoms with Gasteiger partial charge in [0.05, 0.1) is 12.0 Å². The van der Waals surface area contributed by atoms with E-state index in [0.29, 0.717) is 11.3 Å². The normalized spacial score (nSPS) is 10.2. The van der Waals surface area contributed by atoms with Crippen molar-refractivity contribution in [2.75, 3.05) is 7.11 Å². The summed E-state index contributed by atoms with van der Waals surface area (Å²) < 4.78 is 24.6. The number of nitrogens with zero attached hydrogens (tertiary/aromatic N) is 1. The SMILES string of the molecule is COc1ccc(Br)cc1COc1cc(F)ccc1[N+](=O)[O-]. The van der Waals surface area contributed by atoms with Crippen LogP contribution >= 0.6 is 15.9 Å². The Hall–Kier alpha value is -2.15. The maximum Gasteiger partial charge on any atom is 0.311 e. The maximum absolute atomic E-state index is 13.2. The molecular formula is C14H11BrFNO4. The summed E-state index contributed by atoms with van der Waals surface area (Å²) in [5.74, 6) is -0.143. The van der Waals surface area contributed by atoms with E-state index in [1.807, 2.05) is 0 Å². The first-order valence-corrected chi connectivity index (χ1v) is 6.69. The van der Waals surface area contributed by atoms with Crippen LogP contribution in [0.2, 0.25) is 0 Å². The molecular weight excluding hydrogens is 345 g/mol. The van der Waals surface area contributed by atoms with Crippen LogP contribution in [-0.4, -0.2) is 12.0 Å². The lowest BCUT2D eigenvalue weighted by Crippen LogP contribution is -2.01. The van der Waals surface area contributed by atoms with Crippen molar-refractivity contribution in [1.82, 2.24) is 0 Å². The molecule has 0 radical (unpaired) electrons. The predicted octanol–water partition coefficient (Wildman–Crippen LogP) is 4.08. The Labute approximate surface area is 128 Å². The number of nitro benzene ring substituents is 1. The molecule has 2 rings (SSSR count). The van der Waals surface area contributed by atoms with E-state index in [2.05, 4.69) is 15.9 Å². The van der Waals surface area contributed by atoms with Crippen molar-refractivity contribution < 1.29 is 18.8 Å². The summed E-state index contributed by atoms with van der Waals surface area (Å²) in [5, 5.41) is 10.9. The van der Waals surface area contributed by atoms with Crippen molar-refractivity contribution in [3.05, 3.63) is 62.4 Å². The fourth-order valence-electron chi connectivity index (χ4n) is 1.77. The molecule has 2 aromatic rings. The molecule has 0 saturated heterocycles. The van der Waals surface area contributed by atoms with Crippen LogP contribution in [0.15, 0.2) is 40.9 Å². The van der Waals surface area contributed by atoms with Gasteiger partial charge in [-0.2, -0.15) is 0 Å². The van der Waals surface area contributed by atoms with Crippen LogP contribution in [0.3, 0.4) is 0 Å². The Morgan fingerprint density at radius 2 is 2.00 bits per heavy atom. The number of hydrogen-bond donors (Lipinski definition) is 0. The van der Waals surface area contributed by atoms with Gasteiger partial charge in [-0.05, 0) is 24.3 Å². The highest BCUT2D eigenvalue weighted by molar-refractivity contribution is 9.10. The van der Waals surface area contributed by atoms with Gasteiger partial charge in [0.1, 0.15) is 18.2 Å². The quantitative estimate of drug-likeness (QED) is 0.598. The third kappa shape index (κ3) is 3.69. The van der Waals surface area contributed by atoms with Crippen LogP contribution in [-0.2, 0) is 6.61 Å². The van der Waals surface area contributed by atoms with Crippen LogP contribution in [0.5, 0.6) is 11.5 Å². The average Bonchev–Trinajstić information content (AvgIpc) is 2.45. The van der Waals surface area contributed by atoms with Gasteiger partial charge in [-0.3, -0.25) is 10.1 Å². The molecule has 0 fully saturated rings. The smallest absolute Gasteiger partial charge is 0.311 e. The zero-order valence-corrected chi connectivity index (χ0v) is 12.6. The van der Waals surface area contributed by atoms with Crippen molar-refractivity contribution in [2.45, 2.75) is 6.61 Å². The summed E-state index contributed by atoms with van der Waals surface area (Å²) in [7, 11) is 1.51. The fraction of sp³-hybridized carbons (Fsp3) is 0.143. The van der Waals surface area contributed by atoms with E-state index in [1.165, 1.54) is 7.11 Å². The van der Waals surface area contributed by atoms with E-state index in [-0.39, 0.29) is 18.0 Å². The van der Waals surface area contributed by atoms with Crippen LogP contribution in [0, 0.1) is 15.9 Å². The van der Waals surface area contributed by atoms with Crippen molar-refractivity contribution in [1.29, 1.82) is 0 Å². The summed E-state index contributed by atoms with van der Waals surface area (Å²) in [4.78, 5) is 10.3. The van der Waals surface area contributed by atoms with E-state index < -0.39 is 10.7 Å². The van der Waals surface area contributed by atoms with E-state index in [1.54, 1.807) is 18.2 Å². The number of rotatable bonds is 5. The molecule has 0 aromatic heterocycles. The minimum absolute atomic E-state index is 0.0207. The molecule has 0 spiro atoms. The van der Waals surface area contributed by atoms with Crippen molar-refractivity contribution in [3.63, 3.8) is 0 Å². The minimum Gasteiger partial charge on any atom is -0.496 e. The molecule has 0 aliphatic heterocycles. The van der Waals surface area contributed by atoms with Gasteiger partial charge in [0, 0.05) is 22.2 Å². The zero-order chi connectivity index (χ0) is 15.4. The third-order valence-corrected chi connectivity index (χ3v) is 3.24. The van der Waals surface area contributed by atoms with Crippen molar-refractivity contribution in [2.24, 2.45) is 0 Å². The minimum atomic E-state index is -0.618. The maximum atomic E-state index is 13.2. The summed E-state index contributed by atoms with van der Waals surface area (Å²) in [5.41, 5.74) is 0.399. The number of methoxy groups -OCH3 is 1. The Kier molecular flexibility index (Phi) is 4.74. The summed E-state index contributed by atoms with van der Waals surface area (Å²) in [6.45, 7) is 0.0207. The van der Waals surface area contributed by atoms with Gasteiger partial charge < -0.3 is 9.47 Å². The van der Waals surface area contributed by atoms with Gasteiger partial charge in [-0.25, -0.2) is 4.39 Å². The highest BCUT2D eigenvalue weighted by Crippen LogP contribution is 2.30. The number of hydrogen-bond acceptors (Lipinski definition) is 4. The molecule has 5 nitrogen and oxygen atoms in total. The molecule has 0 aliphatic carbocycles. The Morgan fingerprint density at radius 1 is 1.24 bits per heavy atom. The lowest BCUT2D eigenvalue weighted by molar-refractivity contribution is -0.386. The molecule has 0 N–H and O–H groups in total. The number of halogens is 2. The van der Waals surface area contributed by atoms with Gasteiger partial charge in [0.15, 0.2) is 5.75 Å². The molecule has 0 amide bonds. The average molecular weight is 356 g/mol. The first-order valence-electron chi connectivity index (χ1n) is 5.90. The van der Waals surface area contributed by atoms with Crippen LogP contribution in [0.4, 0.5) is 10.1 Å². The lowest BCUT2D eigenvalue weighted by atomic mass is 10.2. The Balaban J connectivity index is 2.26. The fourth-order valence-corrected chi connectivity index (χ4v) is 2.18. The second kappa shape index (κ2) is 6.53.